The molecule has 0 fully saturated rings. The number of thiophene rings is 1. The Morgan fingerprint density at radius 1 is 1.40 bits per heavy atom. The van der Waals surface area contributed by atoms with Gasteiger partial charge in [0.2, 0.25) is 0 Å². The molecular formula is C14H11N3O2S. The molecular weight excluding hydrogens is 274 g/mol. The number of hydrogen-bond acceptors (Lipinski definition) is 5. The van der Waals surface area contributed by atoms with Crippen LogP contribution in [0.3, 0.4) is 0 Å². The van der Waals surface area contributed by atoms with Gasteiger partial charge in [0, 0.05) is 29.7 Å². The molecule has 2 aromatic rings. The van der Waals surface area contributed by atoms with Gasteiger partial charge in [-0.2, -0.15) is 5.26 Å². The van der Waals surface area contributed by atoms with Gasteiger partial charge in [-0.1, -0.05) is 0 Å². The van der Waals surface area contributed by atoms with Gasteiger partial charge in [-0.3, -0.25) is 10.1 Å². The molecule has 0 saturated heterocycles. The fourth-order valence-corrected chi connectivity index (χ4v) is 3.33. The lowest BCUT2D eigenvalue weighted by molar-refractivity contribution is -0.385. The molecule has 0 N–H and O–H groups in total. The number of rotatable bonds is 2. The Morgan fingerprint density at radius 3 is 3.00 bits per heavy atom. The maximum atomic E-state index is 10.8. The van der Waals surface area contributed by atoms with Crippen molar-refractivity contribution in [2.24, 2.45) is 0 Å². The molecule has 1 aliphatic heterocycles. The second-order valence-electron chi connectivity index (χ2n) is 4.61. The molecule has 3 rings (SSSR count). The van der Waals surface area contributed by atoms with Gasteiger partial charge in [0.05, 0.1) is 4.92 Å². The first kappa shape index (κ1) is 12.6. The average Bonchev–Trinajstić information content (AvgIpc) is 2.93. The van der Waals surface area contributed by atoms with E-state index in [0.29, 0.717) is 0 Å². The van der Waals surface area contributed by atoms with Crippen molar-refractivity contribution < 1.29 is 4.92 Å². The topological polar surface area (TPSA) is 70.2 Å². The molecule has 0 saturated carbocycles. The van der Waals surface area contributed by atoms with Crippen LogP contribution in [-0.4, -0.2) is 11.5 Å². The minimum atomic E-state index is -0.518. The fraction of sp³-hybridized carbons (Fsp3) is 0.214. The van der Waals surface area contributed by atoms with Crippen LogP contribution in [0.1, 0.15) is 16.0 Å². The highest BCUT2D eigenvalue weighted by Gasteiger charge is 2.20. The van der Waals surface area contributed by atoms with Crippen LogP contribution < -0.4 is 4.90 Å². The first-order chi connectivity index (χ1) is 9.69. The van der Waals surface area contributed by atoms with Gasteiger partial charge >= 0.3 is 0 Å². The van der Waals surface area contributed by atoms with Crippen LogP contribution in [-0.2, 0) is 13.0 Å². The summed E-state index contributed by atoms with van der Waals surface area (Å²) in [5.41, 5.74) is 2.15. The SMILES string of the molecule is N#Cc1cc(N2CCc3sccc3C2)ccc1[N+](=O)[O-]. The zero-order valence-corrected chi connectivity index (χ0v) is 11.4. The summed E-state index contributed by atoms with van der Waals surface area (Å²) in [5, 5.41) is 22.0. The Labute approximate surface area is 119 Å². The third kappa shape index (κ3) is 2.12. The highest BCUT2D eigenvalue weighted by atomic mass is 32.1. The second kappa shape index (κ2) is 4.94. The highest BCUT2D eigenvalue weighted by Crippen LogP contribution is 2.30. The number of nitriles is 1. The zero-order valence-electron chi connectivity index (χ0n) is 10.6. The predicted molar refractivity (Wildman–Crippen MR) is 76.9 cm³/mol. The number of nitro benzene ring substituents is 1. The summed E-state index contributed by atoms with van der Waals surface area (Å²) in [5.74, 6) is 0. The molecule has 0 unspecified atom stereocenters. The van der Waals surface area contributed by atoms with Crippen molar-refractivity contribution in [1.29, 1.82) is 5.26 Å². The van der Waals surface area contributed by atoms with E-state index in [0.717, 1.165) is 25.2 Å². The van der Waals surface area contributed by atoms with Crippen LogP contribution in [0.2, 0.25) is 0 Å². The van der Waals surface area contributed by atoms with E-state index in [4.69, 9.17) is 5.26 Å². The summed E-state index contributed by atoms with van der Waals surface area (Å²) in [6.45, 7) is 1.66. The van der Waals surface area contributed by atoms with E-state index in [-0.39, 0.29) is 11.3 Å². The molecule has 1 aromatic heterocycles. The Bertz CT molecular complexity index is 717. The van der Waals surface area contributed by atoms with Gasteiger partial charge in [0.15, 0.2) is 0 Å². The van der Waals surface area contributed by atoms with E-state index < -0.39 is 4.92 Å². The van der Waals surface area contributed by atoms with Gasteiger partial charge in [-0.15, -0.1) is 11.3 Å². The van der Waals surface area contributed by atoms with Gasteiger partial charge in [-0.05, 0) is 35.6 Å². The number of benzene rings is 1. The Hall–Kier alpha value is -2.39. The zero-order chi connectivity index (χ0) is 14.1. The minimum Gasteiger partial charge on any atom is -0.367 e. The number of nitrogens with zero attached hydrogens (tertiary/aromatic N) is 3. The van der Waals surface area contributed by atoms with E-state index in [2.05, 4.69) is 16.3 Å². The molecule has 0 bridgehead atoms. The van der Waals surface area contributed by atoms with Crippen molar-refractivity contribution in [3.63, 3.8) is 0 Å². The van der Waals surface area contributed by atoms with Crippen LogP contribution in [0.5, 0.6) is 0 Å². The average molecular weight is 285 g/mol. The number of nitro groups is 1. The van der Waals surface area contributed by atoms with Crippen molar-refractivity contribution in [1.82, 2.24) is 0 Å². The summed E-state index contributed by atoms with van der Waals surface area (Å²) < 4.78 is 0. The molecule has 5 nitrogen and oxygen atoms in total. The Kier molecular flexibility index (Phi) is 3.12. The quantitative estimate of drug-likeness (QED) is 0.628. The van der Waals surface area contributed by atoms with Gasteiger partial charge in [0.1, 0.15) is 11.6 Å². The lowest BCUT2D eigenvalue weighted by Gasteiger charge is -2.29. The van der Waals surface area contributed by atoms with Crippen LogP contribution >= 0.6 is 11.3 Å². The minimum absolute atomic E-state index is 0.114. The molecule has 2 heterocycles. The molecule has 0 atom stereocenters. The van der Waals surface area contributed by atoms with E-state index in [1.165, 1.54) is 16.5 Å². The Morgan fingerprint density at radius 2 is 2.25 bits per heavy atom. The second-order valence-corrected chi connectivity index (χ2v) is 5.61. The normalized spacial score (nSPS) is 13.7. The van der Waals surface area contributed by atoms with Crippen LogP contribution in [0.15, 0.2) is 29.6 Å². The maximum absolute atomic E-state index is 10.8. The summed E-state index contributed by atoms with van der Waals surface area (Å²) in [4.78, 5) is 13.9. The molecule has 1 aliphatic rings. The molecule has 1 aromatic carbocycles. The lowest BCUT2D eigenvalue weighted by Crippen LogP contribution is -2.29. The smallest absolute Gasteiger partial charge is 0.287 e. The molecule has 20 heavy (non-hydrogen) atoms. The summed E-state index contributed by atoms with van der Waals surface area (Å²) in [6, 6.07) is 8.76. The first-order valence-electron chi connectivity index (χ1n) is 6.18. The molecule has 0 radical (unpaired) electrons. The molecule has 0 spiro atoms. The summed E-state index contributed by atoms with van der Waals surface area (Å²) in [7, 11) is 0. The lowest BCUT2D eigenvalue weighted by atomic mass is 10.1. The van der Waals surface area contributed by atoms with E-state index >= 15 is 0 Å². The predicted octanol–water partition coefficient (Wildman–Crippen LogP) is 3.09. The molecule has 100 valence electrons. The van der Waals surface area contributed by atoms with E-state index in [9.17, 15) is 10.1 Å². The van der Waals surface area contributed by atoms with E-state index in [1.54, 1.807) is 23.5 Å². The van der Waals surface area contributed by atoms with Crippen LogP contribution in [0.25, 0.3) is 0 Å². The third-order valence-electron chi connectivity index (χ3n) is 3.47. The molecule has 6 heteroatoms. The van der Waals surface area contributed by atoms with Crippen molar-refractivity contribution >= 4 is 22.7 Å². The molecule has 0 amide bonds. The van der Waals surface area contributed by atoms with Gasteiger partial charge in [0.25, 0.3) is 5.69 Å². The summed E-state index contributed by atoms with van der Waals surface area (Å²) in [6.07, 6.45) is 0.978. The van der Waals surface area contributed by atoms with Gasteiger partial charge in [-0.25, -0.2) is 0 Å². The number of anilines is 1. The highest BCUT2D eigenvalue weighted by molar-refractivity contribution is 7.10. The largest absolute Gasteiger partial charge is 0.367 e. The van der Waals surface area contributed by atoms with Crippen molar-refractivity contribution in [3.8, 4) is 6.07 Å². The number of hydrogen-bond donors (Lipinski definition) is 0. The monoisotopic (exact) mass is 285 g/mol. The van der Waals surface area contributed by atoms with Crippen LogP contribution in [0.4, 0.5) is 11.4 Å². The van der Waals surface area contributed by atoms with Crippen molar-refractivity contribution in [2.45, 2.75) is 13.0 Å². The standard InChI is InChI=1S/C14H11N3O2S/c15-8-11-7-12(1-2-13(11)17(18)19)16-5-3-14-10(9-16)4-6-20-14/h1-2,4,6-7H,3,5,9H2. The number of fused-ring (bicyclic) bond motifs is 1. The molecule has 0 aliphatic carbocycles. The third-order valence-corrected chi connectivity index (χ3v) is 4.49. The first-order valence-corrected chi connectivity index (χ1v) is 7.06. The van der Waals surface area contributed by atoms with Crippen LogP contribution in [0, 0.1) is 21.4 Å². The maximum Gasteiger partial charge on any atom is 0.287 e. The fourth-order valence-electron chi connectivity index (χ4n) is 2.44. The van der Waals surface area contributed by atoms with Crippen molar-refractivity contribution in [2.75, 3.05) is 11.4 Å². The summed E-state index contributed by atoms with van der Waals surface area (Å²) >= 11 is 1.77. The van der Waals surface area contributed by atoms with Crippen molar-refractivity contribution in [3.05, 3.63) is 55.8 Å². The Balaban J connectivity index is 1.93. The van der Waals surface area contributed by atoms with Gasteiger partial charge < -0.3 is 4.90 Å². The van der Waals surface area contributed by atoms with E-state index in [1.807, 2.05) is 6.07 Å².